The van der Waals surface area contributed by atoms with E-state index in [9.17, 15) is 4.39 Å². The molecule has 2 N–H and O–H groups in total. The molecular formula is C11H14ClFN2OS. The molecule has 0 bridgehead atoms. The van der Waals surface area contributed by atoms with Crippen LogP contribution in [0, 0.1) is 5.82 Å². The van der Waals surface area contributed by atoms with Crippen molar-refractivity contribution in [3.05, 3.63) is 29.0 Å². The van der Waals surface area contributed by atoms with Crippen LogP contribution in [0.2, 0.25) is 5.02 Å². The van der Waals surface area contributed by atoms with Crippen molar-refractivity contribution in [1.82, 2.24) is 5.32 Å². The lowest BCUT2D eigenvalue weighted by atomic mass is 10.3. The molecule has 6 heteroatoms. The minimum atomic E-state index is -0.382. The number of hydrogen-bond donors (Lipinski definition) is 2. The molecule has 1 atom stereocenters. The summed E-state index contributed by atoms with van der Waals surface area (Å²) in [6.45, 7) is 2.47. The van der Waals surface area contributed by atoms with E-state index < -0.39 is 0 Å². The van der Waals surface area contributed by atoms with Gasteiger partial charge in [-0.2, -0.15) is 0 Å². The molecule has 0 aliphatic carbocycles. The lowest BCUT2D eigenvalue weighted by molar-refractivity contribution is 0.179. The number of rotatable bonds is 4. The summed E-state index contributed by atoms with van der Waals surface area (Å²) in [5, 5.41) is 6.61. The average molecular weight is 277 g/mol. The molecule has 1 rings (SSSR count). The van der Waals surface area contributed by atoms with Crippen LogP contribution < -0.4 is 10.6 Å². The van der Waals surface area contributed by atoms with Gasteiger partial charge in [-0.05, 0) is 37.3 Å². The quantitative estimate of drug-likeness (QED) is 0.829. The Morgan fingerprint density at radius 1 is 1.59 bits per heavy atom. The molecule has 1 unspecified atom stereocenters. The van der Waals surface area contributed by atoms with Crippen molar-refractivity contribution < 1.29 is 9.13 Å². The van der Waals surface area contributed by atoms with Gasteiger partial charge in [0.2, 0.25) is 0 Å². The van der Waals surface area contributed by atoms with Gasteiger partial charge in [0.15, 0.2) is 5.11 Å². The predicted molar refractivity (Wildman–Crippen MR) is 72.1 cm³/mol. The fourth-order valence-electron chi connectivity index (χ4n) is 1.26. The summed E-state index contributed by atoms with van der Waals surface area (Å²) in [5.74, 6) is -0.382. The third kappa shape index (κ3) is 4.85. The molecule has 0 aliphatic rings. The summed E-state index contributed by atoms with van der Waals surface area (Å²) in [4.78, 5) is 0. The second kappa shape index (κ2) is 6.74. The first-order valence-electron chi connectivity index (χ1n) is 5.04. The van der Waals surface area contributed by atoms with E-state index in [2.05, 4.69) is 10.6 Å². The Hall–Kier alpha value is -0.910. The molecule has 17 heavy (non-hydrogen) atoms. The molecule has 0 aliphatic heterocycles. The maximum atomic E-state index is 12.8. The smallest absolute Gasteiger partial charge is 0.171 e. The molecule has 0 heterocycles. The molecule has 1 aromatic carbocycles. The van der Waals surface area contributed by atoms with E-state index in [0.29, 0.717) is 17.4 Å². The van der Waals surface area contributed by atoms with Crippen molar-refractivity contribution in [3.8, 4) is 0 Å². The maximum absolute atomic E-state index is 12.8. The Labute approximate surface area is 110 Å². The summed E-state index contributed by atoms with van der Waals surface area (Å²) in [6, 6.07) is 4.16. The van der Waals surface area contributed by atoms with Crippen LogP contribution in [0.25, 0.3) is 0 Å². The van der Waals surface area contributed by atoms with Crippen LogP contribution in [0.4, 0.5) is 10.1 Å². The molecule has 0 fully saturated rings. The zero-order valence-corrected chi connectivity index (χ0v) is 11.2. The van der Waals surface area contributed by atoms with Gasteiger partial charge in [-0.25, -0.2) is 4.39 Å². The monoisotopic (exact) mass is 276 g/mol. The molecule has 3 nitrogen and oxygen atoms in total. The Bertz CT molecular complexity index is 403. The first-order valence-corrected chi connectivity index (χ1v) is 5.83. The molecule has 0 amide bonds. The SMILES string of the molecule is COCC(C)NC(=S)Nc1ccc(F)cc1Cl. The minimum absolute atomic E-state index is 0.0826. The van der Waals surface area contributed by atoms with Gasteiger partial charge in [0.1, 0.15) is 5.82 Å². The van der Waals surface area contributed by atoms with Gasteiger partial charge in [0, 0.05) is 13.2 Å². The fourth-order valence-corrected chi connectivity index (χ4v) is 1.79. The maximum Gasteiger partial charge on any atom is 0.171 e. The van der Waals surface area contributed by atoms with E-state index in [-0.39, 0.29) is 16.9 Å². The fraction of sp³-hybridized carbons (Fsp3) is 0.364. The number of benzene rings is 1. The van der Waals surface area contributed by atoms with Gasteiger partial charge in [0.05, 0.1) is 17.3 Å². The number of halogens is 2. The van der Waals surface area contributed by atoms with E-state index in [0.717, 1.165) is 0 Å². The first-order chi connectivity index (χ1) is 8.02. The largest absolute Gasteiger partial charge is 0.383 e. The molecule has 0 spiro atoms. The van der Waals surface area contributed by atoms with Crippen molar-refractivity contribution in [2.24, 2.45) is 0 Å². The van der Waals surface area contributed by atoms with E-state index in [4.69, 9.17) is 28.6 Å². The third-order valence-electron chi connectivity index (χ3n) is 1.97. The number of anilines is 1. The molecule has 0 aromatic heterocycles. The lowest BCUT2D eigenvalue weighted by Gasteiger charge is -2.16. The highest BCUT2D eigenvalue weighted by Gasteiger charge is 2.06. The van der Waals surface area contributed by atoms with Gasteiger partial charge < -0.3 is 15.4 Å². The Morgan fingerprint density at radius 3 is 2.88 bits per heavy atom. The van der Waals surface area contributed by atoms with Crippen LogP contribution >= 0.6 is 23.8 Å². The number of nitrogens with one attached hydrogen (secondary N) is 2. The van der Waals surface area contributed by atoms with Gasteiger partial charge in [-0.1, -0.05) is 11.6 Å². The highest BCUT2D eigenvalue weighted by molar-refractivity contribution is 7.80. The van der Waals surface area contributed by atoms with E-state index >= 15 is 0 Å². The molecule has 0 radical (unpaired) electrons. The summed E-state index contributed by atoms with van der Waals surface area (Å²) in [6.07, 6.45) is 0. The molecule has 0 saturated carbocycles. The van der Waals surface area contributed by atoms with Crippen molar-refractivity contribution >= 4 is 34.6 Å². The topological polar surface area (TPSA) is 33.3 Å². The number of methoxy groups -OCH3 is 1. The third-order valence-corrected chi connectivity index (χ3v) is 2.51. The zero-order chi connectivity index (χ0) is 12.8. The van der Waals surface area contributed by atoms with Crippen molar-refractivity contribution in [1.29, 1.82) is 0 Å². The summed E-state index contributed by atoms with van der Waals surface area (Å²) in [7, 11) is 1.62. The number of hydrogen-bond acceptors (Lipinski definition) is 2. The van der Waals surface area contributed by atoms with Crippen molar-refractivity contribution in [2.45, 2.75) is 13.0 Å². The zero-order valence-electron chi connectivity index (χ0n) is 9.59. The number of thiocarbonyl (C=S) groups is 1. The summed E-state index contributed by atoms with van der Waals surface area (Å²) < 4.78 is 17.8. The van der Waals surface area contributed by atoms with Crippen LogP contribution in [0.3, 0.4) is 0 Å². The van der Waals surface area contributed by atoms with Gasteiger partial charge in [-0.15, -0.1) is 0 Å². The van der Waals surface area contributed by atoms with Crippen molar-refractivity contribution in [3.63, 3.8) is 0 Å². The normalized spacial score (nSPS) is 12.0. The van der Waals surface area contributed by atoms with E-state index in [1.807, 2.05) is 6.92 Å². The van der Waals surface area contributed by atoms with Crippen LogP contribution in [0.1, 0.15) is 6.92 Å². The highest BCUT2D eigenvalue weighted by atomic mass is 35.5. The molecule has 0 saturated heterocycles. The van der Waals surface area contributed by atoms with Crippen molar-refractivity contribution in [2.75, 3.05) is 19.0 Å². The Kier molecular flexibility index (Phi) is 5.61. The van der Waals surface area contributed by atoms with Crippen LogP contribution in [0.15, 0.2) is 18.2 Å². The lowest BCUT2D eigenvalue weighted by Crippen LogP contribution is -2.38. The van der Waals surface area contributed by atoms with Gasteiger partial charge in [-0.3, -0.25) is 0 Å². The van der Waals surface area contributed by atoms with E-state index in [1.165, 1.54) is 18.2 Å². The molecule has 94 valence electrons. The summed E-state index contributed by atoms with van der Waals surface area (Å²) in [5.41, 5.74) is 0.565. The predicted octanol–water partition coefficient (Wildman–Crippen LogP) is 2.80. The highest BCUT2D eigenvalue weighted by Crippen LogP contribution is 2.22. The Balaban J connectivity index is 2.56. The minimum Gasteiger partial charge on any atom is -0.383 e. The van der Waals surface area contributed by atoms with Gasteiger partial charge >= 0.3 is 0 Å². The second-order valence-electron chi connectivity index (χ2n) is 3.58. The van der Waals surface area contributed by atoms with Crippen LogP contribution in [-0.2, 0) is 4.74 Å². The molecule has 1 aromatic rings. The molecular weight excluding hydrogens is 263 g/mol. The average Bonchev–Trinajstić information content (AvgIpc) is 2.22. The first kappa shape index (κ1) is 14.2. The Morgan fingerprint density at radius 2 is 2.29 bits per heavy atom. The van der Waals surface area contributed by atoms with E-state index in [1.54, 1.807) is 7.11 Å². The van der Waals surface area contributed by atoms with Crippen LogP contribution in [-0.4, -0.2) is 24.9 Å². The standard InChI is InChI=1S/C11H14ClFN2OS/c1-7(6-16-2)14-11(17)15-10-4-3-8(13)5-9(10)12/h3-5,7H,6H2,1-2H3,(H2,14,15,17). The summed E-state index contributed by atoms with van der Waals surface area (Å²) >= 11 is 10.9. The number of ether oxygens (including phenoxy) is 1. The second-order valence-corrected chi connectivity index (χ2v) is 4.39. The van der Waals surface area contributed by atoms with Gasteiger partial charge in [0.25, 0.3) is 0 Å². The van der Waals surface area contributed by atoms with Crippen LogP contribution in [0.5, 0.6) is 0 Å².